The third-order valence-corrected chi connectivity index (χ3v) is 5.54. The zero-order valence-corrected chi connectivity index (χ0v) is 17.2. The predicted octanol–water partition coefficient (Wildman–Crippen LogP) is 5.42. The Labute approximate surface area is 180 Å². The Hall–Kier alpha value is -3.25. The summed E-state index contributed by atoms with van der Waals surface area (Å²) in [4.78, 5) is 14.5. The van der Waals surface area contributed by atoms with E-state index in [9.17, 15) is 13.6 Å². The summed E-state index contributed by atoms with van der Waals surface area (Å²) in [5.41, 5.74) is 3.42. The summed E-state index contributed by atoms with van der Waals surface area (Å²) in [5.74, 6) is -1.68. The number of anilines is 1. The lowest BCUT2D eigenvalue weighted by Gasteiger charge is -2.32. The molecule has 1 fully saturated rings. The van der Waals surface area contributed by atoms with E-state index in [1.165, 1.54) is 6.07 Å². The number of carbonyl (C=O) groups excluding carboxylic acids is 1. The smallest absolute Gasteiger partial charge is 0.319 e. The summed E-state index contributed by atoms with van der Waals surface area (Å²) in [7, 11) is 0. The lowest BCUT2D eigenvalue weighted by molar-refractivity contribution is 0.190. The highest BCUT2D eigenvalue weighted by atomic mass is 19.2. The number of amides is 2. The maximum absolute atomic E-state index is 13.6. The Morgan fingerprint density at radius 3 is 2.35 bits per heavy atom. The molecule has 0 radical (unpaired) electrons. The van der Waals surface area contributed by atoms with Gasteiger partial charge in [-0.05, 0) is 59.9 Å². The summed E-state index contributed by atoms with van der Waals surface area (Å²) in [6, 6.07) is 21.2. The standard InChI is InChI=1S/C25H25F2N3O/c26-23-10-9-20(16-24(23)27)19-6-4-5-18(15-19)17-30-13-11-22(12-14-30)29-25(31)28-21-7-2-1-3-8-21/h1-10,15-16,22H,11-14,17H2,(H2,28,29,31). The average Bonchev–Trinajstić information content (AvgIpc) is 2.78. The maximum Gasteiger partial charge on any atom is 0.319 e. The third kappa shape index (κ3) is 5.67. The zero-order valence-electron chi connectivity index (χ0n) is 17.2. The molecule has 3 aromatic carbocycles. The summed E-state index contributed by atoms with van der Waals surface area (Å²) in [6.07, 6.45) is 1.76. The van der Waals surface area contributed by atoms with E-state index in [-0.39, 0.29) is 12.1 Å². The molecule has 1 saturated heterocycles. The van der Waals surface area contributed by atoms with Crippen molar-refractivity contribution in [1.29, 1.82) is 0 Å². The van der Waals surface area contributed by atoms with E-state index in [2.05, 4.69) is 15.5 Å². The van der Waals surface area contributed by atoms with Gasteiger partial charge in [-0.3, -0.25) is 4.90 Å². The Bertz CT molecular complexity index is 1030. The van der Waals surface area contributed by atoms with Gasteiger partial charge in [0, 0.05) is 31.4 Å². The van der Waals surface area contributed by atoms with Crippen LogP contribution in [0.5, 0.6) is 0 Å². The molecule has 0 atom stereocenters. The predicted molar refractivity (Wildman–Crippen MR) is 119 cm³/mol. The van der Waals surface area contributed by atoms with Crippen molar-refractivity contribution in [3.05, 3.63) is 90.0 Å². The average molecular weight is 421 g/mol. The molecule has 3 aromatic rings. The summed E-state index contributed by atoms with van der Waals surface area (Å²) >= 11 is 0. The van der Waals surface area contributed by atoms with Crippen molar-refractivity contribution in [3.63, 3.8) is 0 Å². The van der Waals surface area contributed by atoms with Crippen molar-refractivity contribution in [1.82, 2.24) is 10.2 Å². The third-order valence-electron chi connectivity index (χ3n) is 5.54. The van der Waals surface area contributed by atoms with Crippen LogP contribution < -0.4 is 10.6 Å². The van der Waals surface area contributed by atoms with Crippen LogP contribution in [0.2, 0.25) is 0 Å². The van der Waals surface area contributed by atoms with Gasteiger partial charge in [-0.1, -0.05) is 42.5 Å². The normalized spacial score (nSPS) is 14.9. The van der Waals surface area contributed by atoms with Gasteiger partial charge < -0.3 is 10.6 Å². The zero-order chi connectivity index (χ0) is 21.6. The summed E-state index contributed by atoms with van der Waals surface area (Å²) in [6.45, 7) is 2.54. The first-order valence-electron chi connectivity index (χ1n) is 10.5. The van der Waals surface area contributed by atoms with Gasteiger partial charge in [0.2, 0.25) is 0 Å². The summed E-state index contributed by atoms with van der Waals surface area (Å²) < 4.78 is 26.8. The minimum absolute atomic E-state index is 0.147. The van der Waals surface area contributed by atoms with E-state index in [1.807, 2.05) is 54.6 Å². The number of urea groups is 1. The van der Waals surface area contributed by atoms with Crippen LogP contribution in [0.15, 0.2) is 72.8 Å². The van der Waals surface area contributed by atoms with Crippen molar-refractivity contribution < 1.29 is 13.6 Å². The van der Waals surface area contributed by atoms with Crippen LogP contribution in [0.3, 0.4) is 0 Å². The van der Waals surface area contributed by atoms with Crippen LogP contribution >= 0.6 is 0 Å². The molecule has 31 heavy (non-hydrogen) atoms. The Morgan fingerprint density at radius 2 is 1.61 bits per heavy atom. The fraction of sp³-hybridized carbons (Fsp3) is 0.240. The van der Waals surface area contributed by atoms with Gasteiger partial charge in [0.25, 0.3) is 0 Å². The van der Waals surface area contributed by atoms with Crippen molar-refractivity contribution in [2.75, 3.05) is 18.4 Å². The van der Waals surface area contributed by atoms with Gasteiger partial charge >= 0.3 is 6.03 Å². The van der Waals surface area contributed by atoms with Gasteiger partial charge in [0.1, 0.15) is 0 Å². The SMILES string of the molecule is O=C(Nc1ccccc1)NC1CCN(Cc2cccc(-c3ccc(F)c(F)c3)c2)CC1. The molecule has 4 rings (SSSR count). The quantitative estimate of drug-likeness (QED) is 0.578. The van der Waals surface area contributed by atoms with E-state index in [0.717, 1.165) is 55.4 Å². The van der Waals surface area contributed by atoms with E-state index >= 15 is 0 Å². The number of halogens is 2. The highest BCUT2D eigenvalue weighted by Gasteiger charge is 2.21. The number of hydrogen-bond donors (Lipinski definition) is 2. The van der Waals surface area contributed by atoms with Gasteiger partial charge in [-0.25, -0.2) is 13.6 Å². The highest BCUT2D eigenvalue weighted by molar-refractivity contribution is 5.89. The van der Waals surface area contributed by atoms with E-state index in [4.69, 9.17) is 0 Å². The van der Waals surface area contributed by atoms with Crippen molar-refractivity contribution in [2.45, 2.75) is 25.4 Å². The first-order chi connectivity index (χ1) is 15.1. The number of rotatable bonds is 5. The second kappa shape index (κ2) is 9.71. The Kier molecular flexibility index (Phi) is 6.57. The van der Waals surface area contributed by atoms with Crippen LogP contribution in [0.4, 0.5) is 19.3 Å². The van der Waals surface area contributed by atoms with E-state index < -0.39 is 11.6 Å². The highest BCUT2D eigenvalue weighted by Crippen LogP contribution is 2.24. The van der Waals surface area contributed by atoms with Crippen LogP contribution in [0, 0.1) is 11.6 Å². The topological polar surface area (TPSA) is 44.4 Å². The molecule has 0 unspecified atom stereocenters. The minimum Gasteiger partial charge on any atom is -0.335 e. The Morgan fingerprint density at radius 1 is 0.871 bits per heavy atom. The lowest BCUT2D eigenvalue weighted by Crippen LogP contribution is -2.45. The number of benzene rings is 3. The van der Waals surface area contributed by atoms with Gasteiger partial charge in [0.15, 0.2) is 11.6 Å². The number of likely N-dealkylation sites (tertiary alicyclic amines) is 1. The molecule has 4 nitrogen and oxygen atoms in total. The second-order valence-electron chi connectivity index (χ2n) is 7.84. The van der Waals surface area contributed by atoms with E-state index in [1.54, 1.807) is 6.07 Å². The molecule has 2 N–H and O–H groups in total. The molecule has 0 spiro atoms. The number of carbonyl (C=O) groups is 1. The van der Waals surface area contributed by atoms with Crippen LogP contribution in [0.25, 0.3) is 11.1 Å². The first kappa shape index (κ1) is 21.0. The molecule has 6 heteroatoms. The number of piperidine rings is 1. The molecular formula is C25H25F2N3O. The molecule has 2 amide bonds. The number of nitrogens with one attached hydrogen (secondary N) is 2. The summed E-state index contributed by atoms with van der Waals surface area (Å²) in [5, 5.41) is 5.90. The molecule has 0 saturated carbocycles. The largest absolute Gasteiger partial charge is 0.335 e. The number of nitrogens with zero attached hydrogens (tertiary/aromatic N) is 1. The van der Waals surface area contributed by atoms with Crippen molar-refractivity contribution >= 4 is 11.7 Å². The van der Waals surface area contributed by atoms with Crippen LogP contribution in [-0.2, 0) is 6.54 Å². The molecule has 0 bridgehead atoms. The van der Waals surface area contributed by atoms with Crippen LogP contribution in [0.1, 0.15) is 18.4 Å². The maximum atomic E-state index is 13.6. The van der Waals surface area contributed by atoms with Gasteiger partial charge in [0.05, 0.1) is 0 Å². The monoisotopic (exact) mass is 421 g/mol. The number of para-hydroxylation sites is 1. The molecule has 0 aromatic heterocycles. The van der Waals surface area contributed by atoms with Gasteiger partial charge in [-0.2, -0.15) is 0 Å². The van der Waals surface area contributed by atoms with Gasteiger partial charge in [-0.15, -0.1) is 0 Å². The minimum atomic E-state index is -0.839. The first-order valence-corrected chi connectivity index (χ1v) is 10.5. The van der Waals surface area contributed by atoms with Crippen molar-refractivity contribution in [3.8, 4) is 11.1 Å². The molecular weight excluding hydrogens is 396 g/mol. The Balaban J connectivity index is 1.29. The second-order valence-corrected chi connectivity index (χ2v) is 7.84. The fourth-order valence-electron chi connectivity index (χ4n) is 3.89. The number of hydrogen-bond acceptors (Lipinski definition) is 2. The van der Waals surface area contributed by atoms with E-state index in [0.29, 0.717) is 5.56 Å². The van der Waals surface area contributed by atoms with Crippen molar-refractivity contribution in [2.24, 2.45) is 0 Å². The molecule has 1 aliphatic heterocycles. The molecule has 1 heterocycles. The fourth-order valence-corrected chi connectivity index (χ4v) is 3.89. The van der Waals surface area contributed by atoms with Crippen LogP contribution in [-0.4, -0.2) is 30.1 Å². The molecule has 160 valence electrons. The molecule has 0 aliphatic carbocycles. The molecule has 1 aliphatic rings. The lowest BCUT2D eigenvalue weighted by atomic mass is 10.0.